The van der Waals surface area contributed by atoms with Gasteiger partial charge in [0.15, 0.2) is 0 Å². The molecule has 19 heavy (non-hydrogen) atoms. The molecule has 1 amide bonds. The maximum absolute atomic E-state index is 11.6. The van der Waals surface area contributed by atoms with Crippen LogP contribution in [0.25, 0.3) is 0 Å². The summed E-state index contributed by atoms with van der Waals surface area (Å²) in [5.74, 6) is -0.473. The van der Waals surface area contributed by atoms with Gasteiger partial charge in [-0.2, -0.15) is 0 Å². The van der Waals surface area contributed by atoms with E-state index in [1.807, 2.05) is 12.3 Å². The summed E-state index contributed by atoms with van der Waals surface area (Å²) in [4.78, 5) is 26.9. The van der Waals surface area contributed by atoms with Crippen molar-refractivity contribution in [2.45, 2.75) is 32.6 Å². The Kier molecular flexibility index (Phi) is 6.30. The van der Waals surface area contributed by atoms with Crippen LogP contribution in [-0.4, -0.2) is 33.8 Å². The predicted octanol–water partition coefficient (Wildman–Crippen LogP) is 1.91. The van der Waals surface area contributed by atoms with E-state index in [2.05, 4.69) is 10.3 Å². The van der Waals surface area contributed by atoms with Gasteiger partial charge in [-0.1, -0.05) is 13.8 Å². The van der Waals surface area contributed by atoms with E-state index < -0.39 is 12.0 Å². The Morgan fingerprint density at radius 3 is 2.68 bits per heavy atom. The Morgan fingerprint density at radius 1 is 1.53 bits per heavy atom. The van der Waals surface area contributed by atoms with Gasteiger partial charge in [-0.25, -0.2) is 9.78 Å². The number of thioether (sulfide) groups is 1. The first-order valence-corrected chi connectivity index (χ1v) is 7.94. The van der Waals surface area contributed by atoms with E-state index in [1.54, 1.807) is 25.2 Å². The Hall–Kier alpha value is -1.08. The number of thiazole rings is 1. The molecular weight excluding hydrogens is 284 g/mol. The van der Waals surface area contributed by atoms with Crippen LogP contribution in [0.1, 0.15) is 24.5 Å². The van der Waals surface area contributed by atoms with Gasteiger partial charge >= 0.3 is 5.97 Å². The Labute approximate surface area is 120 Å². The van der Waals surface area contributed by atoms with Crippen LogP contribution in [0.3, 0.4) is 0 Å². The molecule has 0 bridgehead atoms. The summed E-state index contributed by atoms with van der Waals surface area (Å²) >= 11 is 3.01. The van der Waals surface area contributed by atoms with Gasteiger partial charge in [0, 0.05) is 11.1 Å². The molecule has 106 valence electrons. The van der Waals surface area contributed by atoms with Crippen molar-refractivity contribution in [3.63, 3.8) is 0 Å². The minimum Gasteiger partial charge on any atom is -0.480 e. The van der Waals surface area contributed by atoms with Crippen molar-refractivity contribution >= 4 is 35.0 Å². The van der Waals surface area contributed by atoms with Crippen LogP contribution in [0.4, 0.5) is 0 Å². The largest absolute Gasteiger partial charge is 0.480 e. The first kappa shape index (κ1) is 16.0. The van der Waals surface area contributed by atoms with Crippen LogP contribution in [0.2, 0.25) is 0 Å². The molecule has 2 N–H and O–H groups in total. The quantitative estimate of drug-likeness (QED) is 0.804. The van der Waals surface area contributed by atoms with Crippen molar-refractivity contribution in [2.75, 3.05) is 5.75 Å². The van der Waals surface area contributed by atoms with E-state index in [0.29, 0.717) is 5.75 Å². The molecule has 0 aliphatic heterocycles. The first-order chi connectivity index (χ1) is 8.90. The molecule has 0 saturated carbocycles. The molecular formula is C12H18N2O3S2. The van der Waals surface area contributed by atoms with Crippen LogP contribution in [0.15, 0.2) is 5.38 Å². The highest BCUT2D eigenvalue weighted by Crippen LogP contribution is 2.15. The first-order valence-electron chi connectivity index (χ1n) is 5.91. The van der Waals surface area contributed by atoms with E-state index in [9.17, 15) is 9.59 Å². The van der Waals surface area contributed by atoms with Gasteiger partial charge in [0.25, 0.3) is 0 Å². The number of hydrogen-bond acceptors (Lipinski definition) is 5. The lowest BCUT2D eigenvalue weighted by Crippen LogP contribution is -2.45. The van der Waals surface area contributed by atoms with Crippen LogP contribution >= 0.6 is 23.1 Å². The molecule has 1 heterocycles. The van der Waals surface area contributed by atoms with Crippen LogP contribution in [0.5, 0.6) is 0 Å². The maximum Gasteiger partial charge on any atom is 0.326 e. The fourth-order valence-corrected chi connectivity index (χ4v) is 2.90. The van der Waals surface area contributed by atoms with Crippen molar-refractivity contribution in [3.8, 4) is 0 Å². The second kappa shape index (κ2) is 7.49. The smallest absolute Gasteiger partial charge is 0.326 e. The van der Waals surface area contributed by atoms with E-state index in [0.717, 1.165) is 10.7 Å². The highest BCUT2D eigenvalue weighted by atomic mass is 32.2. The fraction of sp³-hybridized carbons (Fsp3) is 0.583. The number of aromatic nitrogens is 1. The number of nitrogens with one attached hydrogen (secondary N) is 1. The minimum absolute atomic E-state index is 0.132. The highest BCUT2D eigenvalue weighted by Gasteiger charge is 2.23. The third-order valence-electron chi connectivity index (χ3n) is 2.40. The van der Waals surface area contributed by atoms with Crippen molar-refractivity contribution in [2.24, 2.45) is 5.92 Å². The van der Waals surface area contributed by atoms with Gasteiger partial charge in [0.2, 0.25) is 5.91 Å². The zero-order chi connectivity index (χ0) is 14.4. The molecule has 1 aromatic rings. The number of carboxylic acids is 1. The predicted molar refractivity (Wildman–Crippen MR) is 77.4 cm³/mol. The van der Waals surface area contributed by atoms with Crippen molar-refractivity contribution in [1.29, 1.82) is 0 Å². The number of carboxylic acid groups (broad SMARTS) is 1. The van der Waals surface area contributed by atoms with Crippen molar-refractivity contribution in [1.82, 2.24) is 10.3 Å². The third kappa shape index (κ3) is 5.61. The summed E-state index contributed by atoms with van der Waals surface area (Å²) in [5.41, 5.74) is 0.957. The molecule has 1 aromatic heterocycles. The van der Waals surface area contributed by atoms with Gasteiger partial charge in [-0.3, -0.25) is 4.79 Å². The number of hydrogen-bond donors (Lipinski definition) is 2. The zero-order valence-corrected chi connectivity index (χ0v) is 12.8. The Balaban J connectivity index is 2.33. The molecule has 0 spiro atoms. The summed E-state index contributed by atoms with van der Waals surface area (Å²) in [6, 6.07) is -0.824. The molecule has 5 nitrogen and oxygen atoms in total. The minimum atomic E-state index is -0.997. The van der Waals surface area contributed by atoms with E-state index in [-0.39, 0.29) is 17.6 Å². The van der Waals surface area contributed by atoms with E-state index >= 15 is 0 Å². The number of aryl methyl sites for hydroxylation is 1. The number of aliphatic carboxylic acids is 1. The third-order valence-corrected chi connectivity index (χ3v) is 4.19. The lowest BCUT2D eigenvalue weighted by atomic mass is 10.1. The van der Waals surface area contributed by atoms with Crippen LogP contribution in [-0.2, 0) is 15.3 Å². The molecule has 7 heteroatoms. The fourth-order valence-electron chi connectivity index (χ4n) is 1.45. The lowest BCUT2D eigenvalue weighted by molar-refractivity contribution is -0.142. The second-order valence-corrected chi connectivity index (χ2v) is 6.53. The average molecular weight is 302 g/mol. The van der Waals surface area contributed by atoms with Crippen LogP contribution < -0.4 is 5.32 Å². The summed E-state index contributed by atoms with van der Waals surface area (Å²) in [6.07, 6.45) is 0. The van der Waals surface area contributed by atoms with Gasteiger partial charge in [0.1, 0.15) is 6.04 Å². The molecule has 0 saturated heterocycles. The summed E-state index contributed by atoms with van der Waals surface area (Å²) < 4.78 is 0. The SMILES string of the molecule is Cc1nc(CSCC(=O)NC(C(=O)O)C(C)C)cs1. The van der Waals surface area contributed by atoms with Gasteiger partial charge in [-0.15, -0.1) is 23.1 Å². The standard InChI is InChI=1S/C12H18N2O3S2/c1-7(2)11(12(16)17)14-10(15)6-18-4-9-5-19-8(3)13-9/h5,7,11H,4,6H2,1-3H3,(H,14,15)(H,16,17). The van der Waals surface area contributed by atoms with Crippen LogP contribution in [0, 0.1) is 12.8 Å². The normalized spacial score (nSPS) is 12.4. The Morgan fingerprint density at radius 2 is 2.21 bits per heavy atom. The van der Waals surface area contributed by atoms with E-state index in [1.165, 1.54) is 11.8 Å². The van der Waals surface area contributed by atoms with Gasteiger partial charge < -0.3 is 10.4 Å². The second-order valence-electron chi connectivity index (χ2n) is 4.48. The molecule has 0 fully saturated rings. The number of carbonyl (C=O) groups is 2. The zero-order valence-electron chi connectivity index (χ0n) is 11.2. The molecule has 0 aliphatic rings. The lowest BCUT2D eigenvalue weighted by Gasteiger charge is -2.17. The molecule has 0 aliphatic carbocycles. The summed E-state index contributed by atoms with van der Waals surface area (Å²) in [5, 5.41) is 14.5. The summed E-state index contributed by atoms with van der Waals surface area (Å²) in [6.45, 7) is 5.47. The van der Waals surface area contributed by atoms with Crippen molar-refractivity contribution in [3.05, 3.63) is 16.1 Å². The average Bonchev–Trinajstić information content (AvgIpc) is 2.71. The maximum atomic E-state index is 11.6. The number of amides is 1. The monoisotopic (exact) mass is 302 g/mol. The number of rotatable bonds is 7. The number of nitrogens with zero attached hydrogens (tertiary/aromatic N) is 1. The van der Waals surface area contributed by atoms with Gasteiger partial charge in [0.05, 0.1) is 16.5 Å². The van der Waals surface area contributed by atoms with E-state index in [4.69, 9.17) is 5.11 Å². The molecule has 1 rings (SSSR count). The molecule has 1 unspecified atom stereocenters. The van der Waals surface area contributed by atoms with Gasteiger partial charge in [-0.05, 0) is 12.8 Å². The topological polar surface area (TPSA) is 79.3 Å². The molecule has 0 aromatic carbocycles. The Bertz CT molecular complexity index is 446. The number of carbonyl (C=O) groups excluding carboxylic acids is 1. The summed E-state index contributed by atoms with van der Waals surface area (Å²) in [7, 11) is 0. The molecule has 0 radical (unpaired) electrons. The molecule has 1 atom stereocenters. The highest BCUT2D eigenvalue weighted by molar-refractivity contribution is 7.99. The van der Waals surface area contributed by atoms with Crippen molar-refractivity contribution < 1.29 is 14.7 Å².